The highest BCUT2D eigenvalue weighted by atomic mass is 32.2. The normalized spacial score (nSPS) is 13.0. The summed E-state index contributed by atoms with van der Waals surface area (Å²) in [5.74, 6) is -0.180. The number of anilines is 1. The SMILES string of the molecule is CN(C)C(=O)c1ccc2c(c1)N(CC(=O)NCCCc1ccccc1)C(=O)CS2. The number of carbonyl (C=O) groups excluding carboxylic acids is 3. The molecule has 1 aliphatic heterocycles. The second-order valence-electron chi connectivity index (χ2n) is 7.09. The van der Waals surface area contributed by atoms with Gasteiger partial charge < -0.3 is 15.1 Å². The Bertz CT molecular complexity index is 899. The van der Waals surface area contributed by atoms with Gasteiger partial charge >= 0.3 is 0 Å². The second-order valence-corrected chi connectivity index (χ2v) is 8.11. The van der Waals surface area contributed by atoms with Gasteiger partial charge in [-0.15, -0.1) is 11.8 Å². The summed E-state index contributed by atoms with van der Waals surface area (Å²) < 4.78 is 0. The number of fused-ring (bicyclic) bond motifs is 1. The van der Waals surface area contributed by atoms with Gasteiger partial charge in [0.15, 0.2) is 0 Å². The van der Waals surface area contributed by atoms with Crippen LogP contribution in [0.5, 0.6) is 0 Å². The minimum Gasteiger partial charge on any atom is -0.355 e. The molecule has 152 valence electrons. The summed E-state index contributed by atoms with van der Waals surface area (Å²) in [6.07, 6.45) is 1.72. The predicted molar refractivity (Wildman–Crippen MR) is 115 cm³/mol. The monoisotopic (exact) mass is 411 g/mol. The molecule has 2 aromatic carbocycles. The Morgan fingerprint density at radius 1 is 1.14 bits per heavy atom. The highest BCUT2D eigenvalue weighted by molar-refractivity contribution is 8.00. The molecular formula is C22H25N3O3S. The average Bonchev–Trinajstić information content (AvgIpc) is 2.73. The number of thioether (sulfide) groups is 1. The molecule has 0 saturated heterocycles. The summed E-state index contributed by atoms with van der Waals surface area (Å²) in [4.78, 5) is 41.0. The number of carbonyl (C=O) groups is 3. The first kappa shape index (κ1) is 20.9. The number of rotatable bonds is 7. The Morgan fingerprint density at radius 2 is 1.90 bits per heavy atom. The fourth-order valence-electron chi connectivity index (χ4n) is 3.13. The van der Waals surface area contributed by atoms with Crippen molar-refractivity contribution in [3.63, 3.8) is 0 Å². The van der Waals surface area contributed by atoms with E-state index < -0.39 is 0 Å². The van der Waals surface area contributed by atoms with Gasteiger partial charge in [-0.1, -0.05) is 30.3 Å². The zero-order valence-corrected chi connectivity index (χ0v) is 17.5. The second kappa shape index (κ2) is 9.60. The van der Waals surface area contributed by atoms with E-state index in [1.807, 2.05) is 24.3 Å². The van der Waals surface area contributed by atoms with Crippen LogP contribution in [0.1, 0.15) is 22.3 Å². The number of aryl methyl sites for hydroxylation is 1. The third kappa shape index (κ3) is 5.38. The van der Waals surface area contributed by atoms with Crippen LogP contribution in [0, 0.1) is 0 Å². The van der Waals surface area contributed by atoms with Gasteiger partial charge in [0.25, 0.3) is 5.91 Å². The van der Waals surface area contributed by atoms with E-state index in [2.05, 4.69) is 17.4 Å². The molecule has 29 heavy (non-hydrogen) atoms. The Hall–Kier alpha value is -2.80. The van der Waals surface area contributed by atoms with Crippen LogP contribution in [-0.2, 0) is 16.0 Å². The molecule has 0 bridgehead atoms. The molecule has 0 aliphatic carbocycles. The van der Waals surface area contributed by atoms with Gasteiger partial charge in [-0.25, -0.2) is 0 Å². The van der Waals surface area contributed by atoms with E-state index >= 15 is 0 Å². The van der Waals surface area contributed by atoms with Gasteiger partial charge in [-0.05, 0) is 36.6 Å². The molecule has 6 nitrogen and oxygen atoms in total. The summed E-state index contributed by atoms with van der Waals surface area (Å²) in [5, 5.41) is 2.89. The number of amides is 3. The molecule has 0 saturated carbocycles. The number of nitrogens with zero attached hydrogens (tertiary/aromatic N) is 2. The Labute approximate surface area is 175 Å². The lowest BCUT2D eigenvalue weighted by atomic mass is 10.1. The summed E-state index contributed by atoms with van der Waals surface area (Å²) in [7, 11) is 3.37. The zero-order valence-electron chi connectivity index (χ0n) is 16.7. The first-order valence-corrected chi connectivity index (χ1v) is 10.5. The van der Waals surface area contributed by atoms with Crippen LogP contribution in [0.2, 0.25) is 0 Å². The highest BCUT2D eigenvalue weighted by Gasteiger charge is 2.27. The predicted octanol–water partition coefficient (Wildman–Crippen LogP) is 2.58. The maximum Gasteiger partial charge on any atom is 0.253 e. The van der Waals surface area contributed by atoms with Gasteiger partial charge in [-0.2, -0.15) is 0 Å². The van der Waals surface area contributed by atoms with Gasteiger partial charge in [0.1, 0.15) is 6.54 Å². The molecule has 0 radical (unpaired) electrons. The molecule has 2 aromatic rings. The van der Waals surface area contributed by atoms with Crippen LogP contribution in [0.15, 0.2) is 53.4 Å². The van der Waals surface area contributed by atoms with Crippen LogP contribution in [0.3, 0.4) is 0 Å². The lowest BCUT2D eigenvalue weighted by Gasteiger charge is -2.29. The standard InChI is InChI=1S/C22H25N3O3S/c1-24(2)22(28)17-10-11-19-18(13-17)25(21(27)15-29-19)14-20(26)23-12-6-9-16-7-4-3-5-8-16/h3-5,7-8,10-11,13H,6,9,12,14-15H2,1-2H3,(H,23,26). The first-order valence-electron chi connectivity index (χ1n) is 9.55. The lowest BCUT2D eigenvalue weighted by Crippen LogP contribution is -2.43. The van der Waals surface area contributed by atoms with Crippen molar-refractivity contribution in [2.75, 3.05) is 37.8 Å². The van der Waals surface area contributed by atoms with Gasteiger partial charge in [0.2, 0.25) is 11.8 Å². The summed E-state index contributed by atoms with van der Waals surface area (Å²) in [5.41, 5.74) is 2.35. The van der Waals surface area contributed by atoms with Gasteiger partial charge in [0.05, 0.1) is 11.4 Å². The molecule has 1 aliphatic rings. The maximum absolute atomic E-state index is 12.5. The number of benzene rings is 2. The first-order chi connectivity index (χ1) is 14.0. The highest BCUT2D eigenvalue weighted by Crippen LogP contribution is 2.36. The Morgan fingerprint density at radius 3 is 2.62 bits per heavy atom. The molecule has 3 amide bonds. The van der Waals surface area contributed by atoms with Crippen molar-refractivity contribution in [1.29, 1.82) is 0 Å². The Kier molecular flexibility index (Phi) is 6.93. The fraction of sp³-hybridized carbons (Fsp3) is 0.318. The third-order valence-corrected chi connectivity index (χ3v) is 5.71. The summed E-state index contributed by atoms with van der Waals surface area (Å²) in [6, 6.07) is 15.4. The molecule has 3 rings (SSSR count). The zero-order chi connectivity index (χ0) is 20.8. The fourth-order valence-corrected chi connectivity index (χ4v) is 4.05. The summed E-state index contributed by atoms with van der Waals surface area (Å²) in [6.45, 7) is 0.508. The van der Waals surface area contributed by atoms with E-state index in [0.717, 1.165) is 17.7 Å². The number of hydrogen-bond acceptors (Lipinski definition) is 4. The summed E-state index contributed by atoms with van der Waals surface area (Å²) >= 11 is 1.43. The van der Waals surface area contributed by atoms with Crippen molar-refractivity contribution in [1.82, 2.24) is 10.2 Å². The van der Waals surface area contributed by atoms with E-state index in [0.29, 0.717) is 17.8 Å². The van der Waals surface area contributed by atoms with Crippen molar-refractivity contribution < 1.29 is 14.4 Å². The van der Waals surface area contributed by atoms with E-state index in [4.69, 9.17) is 0 Å². The van der Waals surface area contributed by atoms with Crippen LogP contribution < -0.4 is 10.2 Å². The maximum atomic E-state index is 12.5. The molecule has 1 heterocycles. The molecule has 7 heteroatoms. The Balaban J connectivity index is 1.61. The molecule has 1 N–H and O–H groups in total. The number of hydrogen-bond donors (Lipinski definition) is 1. The molecule has 0 aromatic heterocycles. The minimum atomic E-state index is -0.200. The van der Waals surface area contributed by atoms with Crippen molar-refractivity contribution >= 4 is 35.2 Å². The van der Waals surface area contributed by atoms with Gasteiger partial charge in [0, 0.05) is 31.1 Å². The minimum absolute atomic E-state index is 0.0443. The van der Waals surface area contributed by atoms with Crippen molar-refractivity contribution in [3.8, 4) is 0 Å². The van der Waals surface area contributed by atoms with Gasteiger partial charge in [-0.3, -0.25) is 14.4 Å². The topological polar surface area (TPSA) is 69.7 Å². The van der Waals surface area contributed by atoms with Crippen molar-refractivity contribution in [2.24, 2.45) is 0 Å². The van der Waals surface area contributed by atoms with Crippen LogP contribution in [0.25, 0.3) is 0 Å². The number of nitrogens with one attached hydrogen (secondary N) is 1. The van der Waals surface area contributed by atoms with Crippen molar-refractivity contribution in [3.05, 3.63) is 59.7 Å². The van der Waals surface area contributed by atoms with E-state index in [1.54, 1.807) is 26.2 Å². The quantitative estimate of drug-likeness (QED) is 0.711. The largest absolute Gasteiger partial charge is 0.355 e. The van der Waals surface area contributed by atoms with E-state index in [-0.39, 0.29) is 30.0 Å². The third-order valence-electron chi connectivity index (χ3n) is 4.66. The van der Waals surface area contributed by atoms with Crippen molar-refractivity contribution in [2.45, 2.75) is 17.7 Å². The smallest absolute Gasteiger partial charge is 0.253 e. The molecule has 0 unspecified atom stereocenters. The van der Waals surface area contributed by atoms with E-state index in [1.165, 1.54) is 27.1 Å². The molecular weight excluding hydrogens is 386 g/mol. The van der Waals surface area contributed by atoms with Crippen LogP contribution >= 0.6 is 11.8 Å². The van der Waals surface area contributed by atoms with E-state index in [9.17, 15) is 14.4 Å². The molecule has 0 spiro atoms. The van der Waals surface area contributed by atoms with Crippen LogP contribution in [0.4, 0.5) is 5.69 Å². The molecule has 0 fully saturated rings. The lowest BCUT2D eigenvalue weighted by molar-refractivity contribution is -0.122. The van der Waals surface area contributed by atoms with Crippen LogP contribution in [-0.4, -0.2) is 55.6 Å². The average molecular weight is 412 g/mol. The molecule has 0 atom stereocenters.